The minimum atomic E-state index is -0.139. The first-order chi connectivity index (χ1) is 8.13. The van der Waals surface area contributed by atoms with Gasteiger partial charge >= 0.3 is 0 Å². The van der Waals surface area contributed by atoms with Crippen LogP contribution < -0.4 is 5.32 Å². The Bertz CT molecular complexity index is 542. The van der Waals surface area contributed by atoms with Gasteiger partial charge in [0.1, 0.15) is 0 Å². The lowest BCUT2D eigenvalue weighted by Gasteiger charge is -2.10. The highest BCUT2D eigenvalue weighted by atomic mass is 16.1. The Morgan fingerprint density at radius 1 is 1.47 bits per heavy atom. The van der Waals surface area contributed by atoms with E-state index in [1.165, 1.54) is 5.56 Å². The second-order valence-corrected chi connectivity index (χ2v) is 4.40. The molecular weight excluding hydrogens is 212 g/mol. The summed E-state index contributed by atoms with van der Waals surface area (Å²) in [6.45, 7) is 6.75. The topological polar surface area (TPSA) is 44.9 Å². The summed E-state index contributed by atoms with van der Waals surface area (Å²) in [5.74, 6) is 0.141. The highest BCUT2D eigenvalue weighted by Gasteiger charge is 2.17. The summed E-state index contributed by atoms with van der Waals surface area (Å²) in [5, 5.41) is 4.15. The molecule has 0 amide bonds. The van der Waals surface area contributed by atoms with Gasteiger partial charge in [-0.15, -0.1) is 0 Å². The van der Waals surface area contributed by atoms with Gasteiger partial charge in [0.05, 0.1) is 6.04 Å². The summed E-state index contributed by atoms with van der Waals surface area (Å²) < 4.78 is 0. The molecule has 0 fully saturated rings. The zero-order valence-electron chi connectivity index (χ0n) is 10.5. The Labute approximate surface area is 101 Å². The van der Waals surface area contributed by atoms with Crippen LogP contribution in [0.25, 0.3) is 10.9 Å². The molecule has 0 spiro atoms. The van der Waals surface area contributed by atoms with E-state index in [-0.39, 0.29) is 11.8 Å². The number of H-pyrrole nitrogens is 1. The molecule has 0 aliphatic carbocycles. The van der Waals surface area contributed by atoms with Crippen molar-refractivity contribution in [2.75, 3.05) is 6.54 Å². The van der Waals surface area contributed by atoms with Gasteiger partial charge < -0.3 is 10.3 Å². The van der Waals surface area contributed by atoms with E-state index in [9.17, 15) is 4.79 Å². The number of nitrogens with one attached hydrogen (secondary N) is 2. The maximum absolute atomic E-state index is 12.2. The van der Waals surface area contributed by atoms with Gasteiger partial charge in [-0.1, -0.05) is 19.1 Å². The van der Waals surface area contributed by atoms with Crippen LogP contribution in [-0.2, 0) is 0 Å². The van der Waals surface area contributed by atoms with E-state index in [0.717, 1.165) is 23.0 Å². The van der Waals surface area contributed by atoms with Crippen molar-refractivity contribution >= 4 is 16.7 Å². The van der Waals surface area contributed by atoms with E-state index in [1.807, 2.05) is 32.9 Å². The Morgan fingerprint density at radius 2 is 2.24 bits per heavy atom. The molecule has 90 valence electrons. The number of benzene rings is 1. The van der Waals surface area contributed by atoms with Gasteiger partial charge in [-0.25, -0.2) is 0 Å². The van der Waals surface area contributed by atoms with Gasteiger partial charge in [0.25, 0.3) is 0 Å². The van der Waals surface area contributed by atoms with Gasteiger partial charge in [-0.2, -0.15) is 0 Å². The van der Waals surface area contributed by atoms with Crippen LogP contribution in [0.3, 0.4) is 0 Å². The number of carbonyl (C=O) groups is 1. The number of ketones is 1. The number of carbonyl (C=O) groups excluding carboxylic acids is 1. The summed E-state index contributed by atoms with van der Waals surface area (Å²) in [7, 11) is 0. The van der Waals surface area contributed by atoms with Crippen molar-refractivity contribution in [3.8, 4) is 0 Å². The number of hydrogen-bond donors (Lipinski definition) is 2. The van der Waals surface area contributed by atoms with Crippen LogP contribution in [0.1, 0.15) is 29.8 Å². The standard InChI is InChI=1S/C14H18N2O/c1-4-15-10(3)14(17)12-8-16-13-7-9(2)5-6-11(12)13/h5-8,10,15-16H,4H2,1-3H3. The summed E-state index contributed by atoms with van der Waals surface area (Å²) in [6.07, 6.45) is 1.81. The Kier molecular flexibility index (Phi) is 3.29. The SMILES string of the molecule is CCNC(C)C(=O)c1c[nH]c2cc(C)ccc12. The molecule has 2 rings (SSSR count). The molecule has 1 aromatic heterocycles. The largest absolute Gasteiger partial charge is 0.360 e. The third-order valence-corrected chi connectivity index (χ3v) is 3.01. The Morgan fingerprint density at radius 3 is 2.94 bits per heavy atom. The molecule has 1 aromatic carbocycles. The number of rotatable bonds is 4. The van der Waals surface area contributed by atoms with E-state index in [2.05, 4.69) is 16.4 Å². The number of likely N-dealkylation sites (N-methyl/N-ethyl adjacent to an activating group) is 1. The lowest BCUT2D eigenvalue weighted by Crippen LogP contribution is -2.33. The number of Topliss-reactive ketones (excluding diaryl/α,β-unsaturated/α-hetero) is 1. The predicted octanol–water partition coefficient (Wildman–Crippen LogP) is 2.66. The van der Waals surface area contributed by atoms with Crippen molar-refractivity contribution in [3.63, 3.8) is 0 Å². The Balaban J connectivity index is 2.39. The van der Waals surface area contributed by atoms with Crippen molar-refractivity contribution in [2.45, 2.75) is 26.8 Å². The van der Waals surface area contributed by atoms with Crippen LogP contribution in [-0.4, -0.2) is 23.4 Å². The molecule has 0 radical (unpaired) electrons. The molecule has 0 aliphatic rings. The minimum Gasteiger partial charge on any atom is -0.360 e. The normalized spacial score (nSPS) is 12.9. The molecule has 2 aromatic rings. The summed E-state index contributed by atoms with van der Waals surface area (Å²) >= 11 is 0. The van der Waals surface area contributed by atoms with Crippen molar-refractivity contribution in [1.82, 2.24) is 10.3 Å². The van der Waals surface area contributed by atoms with Crippen molar-refractivity contribution in [2.24, 2.45) is 0 Å². The lowest BCUT2D eigenvalue weighted by atomic mass is 10.0. The summed E-state index contributed by atoms with van der Waals surface area (Å²) in [5.41, 5.74) is 2.99. The second kappa shape index (κ2) is 4.72. The van der Waals surface area contributed by atoms with Gasteiger partial charge in [0.2, 0.25) is 0 Å². The molecule has 1 atom stereocenters. The second-order valence-electron chi connectivity index (χ2n) is 4.40. The number of aryl methyl sites for hydroxylation is 1. The average molecular weight is 230 g/mol. The maximum Gasteiger partial charge on any atom is 0.181 e. The summed E-state index contributed by atoms with van der Waals surface area (Å²) in [6, 6.07) is 5.96. The van der Waals surface area contributed by atoms with Gasteiger partial charge in [-0.05, 0) is 32.0 Å². The zero-order chi connectivity index (χ0) is 12.4. The van der Waals surface area contributed by atoms with Crippen molar-refractivity contribution in [3.05, 3.63) is 35.5 Å². The van der Waals surface area contributed by atoms with Crippen LogP contribution in [0, 0.1) is 6.92 Å². The third-order valence-electron chi connectivity index (χ3n) is 3.01. The van der Waals surface area contributed by atoms with E-state index in [1.54, 1.807) is 6.20 Å². The number of fused-ring (bicyclic) bond motifs is 1. The molecule has 0 bridgehead atoms. The van der Waals surface area contributed by atoms with Crippen LogP contribution in [0.5, 0.6) is 0 Å². The smallest absolute Gasteiger partial charge is 0.181 e. The molecule has 1 unspecified atom stereocenters. The Hall–Kier alpha value is -1.61. The van der Waals surface area contributed by atoms with Gasteiger partial charge in [-0.3, -0.25) is 4.79 Å². The summed E-state index contributed by atoms with van der Waals surface area (Å²) in [4.78, 5) is 15.4. The number of aromatic amines is 1. The van der Waals surface area contributed by atoms with E-state index >= 15 is 0 Å². The first-order valence-electron chi connectivity index (χ1n) is 5.98. The quantitative estimate of drug-likeness (QED) is 0.793. The number of aromatic nitrogens is 1. The molecule has 3 nitrogen and oxygen atoms in total. The van der Waals surface area contributed by atoms with Crippen LogP contribution in [0.15, 0.2) is 24.4 Å². The predicted molar refractivity (Wildman–Crippen MR) is 70.5 cm³/mol. The lowest BCUT2D eigenvalue weighted by molar-refractivity contribution is 0.0953. The van der Waals surface area contributed by atoms with E-state index < -0.39 is 0 Å². The van der Waals surface area contributed by atoms with Crippen LogP contribution in [0.4, 0.5) is 0 Å². The highest BCUT2D eigenvalue weighted by molar-refractivity contribution is 6.10. The van der Waals surface area contributed by atoms with Gasteiger partial charge in [0, 0.05) is 22.7 Å². The monoisotopic (exact) mass is 230 g/mol. The fraction of sp³-hybridized carbons (Fsp3) is 0.357. The maximum atomic E-state index is 12.2. The van der Waals surface area contributed by atoms with E-state index in [0.29, 0.717) is 0 Å². The fourth-order valence-electron chi connectivity index (χ4n) is 2.08. The third kappa shape index (κ3) is 2.24. The first-order valence-corrected chi connectivity index (χ1v) is 5.98. The van der Waals surface area contributed by atoms with E-state index in [4.69, 9.17) is 0 Å². The molecule has 3 heteroatoms. The zero-order valence-corrected chi connectivity index (χ0v) is 10.5. The molecule has 17 heavy (non-hydrogen) atoms. The average Bonchev–Trinajstić information content (AvgIpc) is 2.71. The molecule has 1 heterocycles. The van der Waals surface area contributed by atoms with Crippen molar-refractivity contribution in [1.29, 1.82) is 0 Å². The molecule has 2 N–H and O–H groups in total. The molecule has 0 saturated heterocycles. The minimum absolute atomic E-state index is 0.139. The number of hydrogen-bond acceptors (Lipinski definition) is 2. The van der Waals surface area contributed by atoms with Crippen LogP contribution >= 0.6 is 0 Å². The molecule has 0 saturated carbocycles. The van der Waals surface area contributed by atoms with Crippen molar-refractivity contribution < 1.29 is 4.79 Å². The van der Waals surface area contributed by atoms with Gasteiger partial charge in [0.15, 0.2) is 5.78 Å². The molecular formula is C14H18N2O. The van der Waals surface area contributed by atoms with Crippen LogP contribution in [0.2, 0.25) is 0 Å². The molecule has 0 aliphatic heterocycles. The first kappa shape index (κ1) is 11.9. The highest BCUT2D eigenvalue weighted by Crippen LogP contribution is 2.20. The fourth-order valence-corrected chi connectivity index (χ4v) is 2.08.